The fraction of sp³-hybridized carbons (Fsp3) is 0.333. The zero-order valence-electron chi connectivity index (χ0n) is 15.0. The molecule has 0 saturated carbocycles. The Balaban J connectivity index is 1.86. The first-order valence-electron chi connectivity index (χ1n) is 8.70. The van der Waals surface area contributed by atoms with Gasteiger partial charge in [0.2, 0.25) is 0 Å². The van der Waals surface area contributed by atoms with Crippen LogP contribution in [0.25, 0.3) is 6.08 Å². The lowest BCUT2D eigenvalue weighted by Crippen LogP contribution is -2.13. The van der Waals surface area contributed by atoms with Crippen molar-refractivity contribution < 1.29 is 24.4 Å². The third kappa shape index (κ3) is 3.69. The van der Waals surface area contributed by atoms with E-state index in [0.717, 1.165) is 22.4 Å². The standard InChI is InChI=1S/C21H24O5/c1-3-25-10-4-5-14-6-9-19-16(11-14)17(13-22)21(26-19)15-7-8-18(23)20(12-15)24-2/h4-9,11-12,17,21-23H,3,10,13H2,1-2H3/b5-4+/t17-,21+/m0/s1. The van der Waals surface area contributed by atoms with Crippen LogP contribution in [0.4, 0.5) is 0 Å². The number of aliphatic hydroxyl groups excluding tert-OH is 1. The van der Waals surface area contributed by atoms with Crippen LogP contribution < -0.4 is 9.47 Å². The van der Waals surface area contributed by atoms with Gasteiger partial charge in [0.05, 0.1) is 26.2 Å². The van der Waals surface area contributed by atoms with Gasteiger partial charge in [-0.15, -0.1) is 0 Å². The van der Waals surface area contributed by atoms with Crippen LogP contribution in [0.1, 0.15) is 35.6 Å². The van der Waals surface area contributed by atoms with Crippen LogP contribution in [-0.2, 0) is 4.74 Å². The molecular weight excluding hydrogens is 332 g/mol. The lowest BCUT2D eigenvalue weighted by molar-refractivity contribution is 0.159. The van der Waals surface area contributed by atoms with Crippen LogP contribution >= 0.6 is 0 Å². The van der Waals surface area contributed by atoms with Gasteiger partial charge in [-0.1, -0.05) is 24.3 Å². The van der Waals surface area contributed by atoms with Crippen LogP contribution in [0, 0.1) is 0 Å². The number of phenolic OH excluding ortho intramolecular Hbond substituents is 1. The molecule has 138 valence electrons. The topological polar surface area (TPSA) is 68.2 Å². The molecule has 2 aromatic rings. The van der Waals surface area contributed by atoms with E-state index in [2.05, 4.69) is 0 Å². The van der Waals surface area contributed by atoms with E-state index in [1.807, 2.05) is 37.3 Å². The number of hydrogen-bond donors (Lipinski definition) is 2. The Kier molecular flexibility index (Phi) is 5.81. The second-order valence-electron chi connectivity index (χ2n) is 6.12. The summed E-state index contributed by atoms with van der Waals surface area (Å²) < 4.78 is 16.6. The minimum absolute atomic E-state index is 0.0347. The molecule has 26 heavy (non-hydrogen) atoms. The lowest BCUT2D eigenvalue weighted by atomic mass is 9.91. The normalized spacial score (nSPS) is 18.7. The Morgan fingerprint density at radius 1 is 1.19 bits per heavy atom. The number of rotatable bonds is 7. The van der Waals surface area contributed by atoms with Gasteiger partial charge >= 0.3 is 0 Å². The number of aliphatic hydroxyl groups is 1. The smallest absolute Gasteiger partial charge is 0.160 e. The number of ether oxygens (including phenoxy) is 3. The molecule has 5 heteroatoms. The molecule has 0 spiro atoms. The first kappa shape index (κ1) is 18.3. The third-order valence-electron chi connectivity index (χ3n) is 4.51. The molecule has 0 radical (unpaired) electrons. The molecule has 1 aliphatic heterocycles. The Labute approximate surface area is 153 Å². The van der Waals surface area contributed by atoms with Crippen molar-refractivity contribution in [2.75, 3.05) is 26.9 Å². The summed E-state index contributed by atoms with van der Waals surface area (Å²) >= 11 is 0. The molecule has 3 rings (SSSR count). The lowest BCUT2D eigenvalue weighted by Gasteiger charge is -2.18. The highest BCUT2D eigenvalue weighted by atomic mass is 16.5. The van der Waals surface area contributed by atoms with Crippen LogP contribution in [0.15, 0.2) is 42.5 Å². The molecule has 0 bridgehead atoms. The fourth-order valence-corrected chi connectivity index (χ4v) is 3.19. The summed E-state index contributed by atoms with van der Waals surface area (Å²) in [5.41, 5.74) is 2.86. The number of methoxy groups -OCH3 is 1. The largest absolute Gasteiger partial charge is 0.504 e. The number of aromatic hydroxyl groups is 1. The predicted octanol–water partition coefficient (Wildman–Crippen LogP) is 3.66. The van der Waals surface area contributed by atoms with Gasteiger partial charge in [0.15, 0.2) is 11.5 Å². The molecule has 0 amide bonds. The maximum atomic E-state index is 9.96. The summed E-state index contributed by atoms with van der Waals surface area (Å²) in [6, 6.07) is 11.1. The summed E-state index contributed by atoms with van der Waals surface area (Å²) in [5, 5.41) is 19.8. The molecule has 2 N–H and O–H groups in total. The van der Waals surface area contributed by atoms with Crippen molar-refractivity contribution >= 4 is 6.08 Å². The SMILES string of the molecule is CCOC/C=C/c1ccc2c(c1)[C@H](CO)[C@@H](c1ccc(O)c(OC)c1)O2. The molecule has 0 aliphatic carbocycles. The summed E-state index contributed by atoms with van der Waals surface area (Å²) in [4.78, 5) is 0. The van der Waals surface area contributed by atoms with E-state index in [-0.39, 0.29) is 24.4 Å². The first-order chi connectivity index (χ1) is 12.7. The minimum atomic E-state index is -0.327. The number of hydrogen-bond acceptors (Lipinski definition) is 5. The number of fused-ring (bicyclic) bond motifs is 1. The highest BCUT2D eigenvalue weighted by molar-refractivity contribution is 5.56. The summed E-state index contributed by atoms with van der Waals surface area (Å²) in [5.74, 6) is 1.05. The van der Waals surface area contributed by atoms with E-state index in [1.165, 1.54) is 7.11 Å². The van der Waals surface area contributed by atoms with Gasteiger partial charge in [0.1, 0.15) is 11.9 Å². The molecule has 5 nitrogen and oxygen atoms in total. The number of benzene rings is 2. The first-order valence-corrected chi connectivity index (χ1v) is 8.70. The highest BCUT2D eigenvalue weighted by Gasteiger charge is 2.35. The summed E-state index contributed by atoms with van der Waals surface area (Å²) in [7, 11) is 1.51. The molecule has 0 aromatic heterocycles. The van der Waals surface area contributed by atoms with E-state index >= 15 is 0 Å². The maximum absolute atomic E-state index is 9.96. The van der Waals surface area contributed by atoms with Gasteiger partial charge in [-0.2, -0.15) is 0 Å². The van der Waals surface area contributed by atoms with Gasteiger partial charge in [0, 0.05) is 12.2 Å². The second-order valence-corrected chi connectivity index (χ2v) is 6.12. The van der Waals surface area contributed by atoms with Crippen molar-refractivity contribution in [2.24, 2.45) is 0 Å². The van der Waals surface area contributed by atoms with E-state index in [9.17, 15) is 10.2 Å². The van der Waals surface area contributed by atoms with Gasteiger partial charge in [0.25, 0.3) is 0 Å². The molecule has 1 aliphatic rings. The Hall–Kier alpha value is -2.50. The van der Waals surface area contributed by atoms with Crippen molar-refractivity contribution in [2.45, 2.75) is 18.9 Å². The Morgan fingerprint density at radius 2 is 2.04 bits per heavy atom. The average molecular weight is 356 g/mol. The van der Waals surface area contributed by atoms with Crippen molar-refractivity contribution in [3.63, 3.8) is 0 Å². The van der Waals surface area contributed by atoms with Crippen molar-refractivity contribution in [1.82, 2.24) is 0 Å². The molecule has 0 fully saturated rings. The van der Waals surface area contributed by atoms with Gasteiger partial charge in [-0.05, 0) is 42.3 Å². The molecule has 2 aromatic carbocycles. The Morgan fingerprint density at radius 3 is 2.77 bits per heavy atom. The van der Waals surface area contributed by atoms with Crippen LogP contribution in [0.2, 0.25) is 0 Å². The van der Waals surface area contributed by atoms with Gasteiger partial charge in [-0.3, -0.25) is 0 Å². The second kappa shape index (κ2) is 8.25. The van der Waals surface area contributed by atoms with Gasteiger partial charge < -0.3 is 24.4 Å². The van der Waals surface area contributed by atoms with Crippen LogP contribution in [0.3, 0.4) is 0 Å². The van der Waals surface area contributed by atoms with Crippen molar-refractivity contribution in [3.05, 3.63) is 59.2 Å². The third-order valence-corrected chi connectivity index (χ3v) is 4.51. The number of phenols is 1. The molecule has 1 heterocycles. The van der Waals surface area contributed by atoms with Crippen LogP contribution in [-0.4, -0.2) is 37.1 Å². The van der Waals surface area contributed by atoms with E-state index in [1.54, 1.807) is 18.2 Å². The van der Waals surface area contributed by atoms with E-state index < -0.39 is 0 Å². The fourth-order valence-electron chi connectivity index (χ4n) is 3.19. The average Bonchev–Trinajstić information content (AvgIpc) is 3.03. The van der Waals surface area contributed by atoms with Crippen LogP contribution in [0.5, 0.6) is 17.2 Å². The zero-order valence-corrected chi connectivity index (χ0v) is 15.0. The molecule has 2 atom stereocenters. The monoisotopic (exact) mass is 356 g/mol. The summed E-state index contributed by atoms with van der Waals surface area (Å²) in [6.45, 7) is 3.19. The van der Waals surface area contributed by atoms with Gasteiger partial charge in [-0.25, -0.2) is 0 Å². The maximum Gasteiger partial charge on any atom is 0.160 e. The minimum Gasteiger partial charge on any atom is -0.504 e. The quantitative estimate of drug-likeness (QED) is 0.741. The molecular formula is C21H24O5. The molecule has 0 unspecified atom stereocenters. The predicted molar refractivity (Wildman–Crippen MR) is 99.8 cm³/mol. The Bertz CT molecular complexity index is 784. The van der Waals surface area contributed by atoms with Crippen molar-refractivity contribution in [3.8, 4) is 17.2 Å². The molecule has 0 saturated heterocycles. The van der Waals surface area contributed by atoms with E-state index in [0.29, 0.717) is 19.0 Å². The zero-order chi connectivity index (χ0) is 18.5. The summed E-state index contributed by atoms with van der Waals surface area (Å²) in [6.07, 6.45) is 3.64. The highest BCUT2D eigenvalue weighted by Crippen LogP contribution is 2.47. The van der Waals surface area contributed by atoms with Crippen molar-refractivity contribution in [1.29, 1.82) is 0 Å². The van der Waals surface area contributed by atoms with E-state index in [4.69, 9.17) is 14.2 Å².